The van der Waals surface area contributed by atoms with Gasteiger partial charge in [0.1, 0.15) is 25.3 Å². The van der Waals surface area contributed by atoms with E-state index < -0.39 is 48.5 Å². The minimum atomic E-state index is -1.31. The molecule has 1 saturated heterocycles. The van der Waals surface area contributed by atoms with E-state index in [0.717, 1.165) is 22.8 Å². The highest BCUT2D eigenvalue weighted by Crippen LogP contribution is 2.22. The minimum absolute atomic E-state index is 0.00278. The van der Waals surface area contributed by atoms with E-state index >= 15 is 0 Å². The third-order valence-corrected chi connectivity index (χ3v) is 8.49. The van der Waals surface area contributed by atoms with Crippen molar-refractivity contribution in [1.29, 1.82) is 0 Å². The molecule has 5 rings (SSSR count). The molecule has 48 heavy (non-hydrogen) atoms. The summed E-state index contributed by atoms with van der Waals surface area (Å²) in [6.07, 6.45) is 3.93. The average Bonchev–Trinajstić information content (AvgIpc) is 3.59. The number of hydrogen-bond acceptors (Lipinski definition) is 8. The molecule has 252 valence electrons. The minimum Gasteiger partial charge on any atom is -0.461 e. The monoisotopic (exact) mass is 656 g/mol. The van der Waals surface area contributed by atoms with Crippen molar-refractivity contribution >= 4 is 46.2 Å². The first-order chi connectivity index (χ1) is 23.3. The van der Waals surface area contributed by atoms with E-state index in [-0.39, 0.29) is 44.4 Å². The normalized spacial score (nSPS) is 21.7. The van der Waals surface area contributed by atoms with Gasteiger partial charge >= 0.3 is 12.1 Å². The van der Waals surface area contributed by atoms with Crippen molar-refractivity contribution < 1.29 is 38.6 Å². The highest BCUT2D eigenvalue weighted by Gasteiger charge is 2.34. The molecule has 1 fully saturated rings. The van der Waals surface area contributed by atoms with Crippen LogP contribution in [0.1, 0.15) is 37.7 Å². The molecular formula is C36H40N4O8. The van der Waals surface area contributed by atoms with Gasteiger partial charge in [0.05, 0.1) is 18.6 Å². The van der Waals surface area contributed by atoms with Gasteiger partial charge in [0.15, 0.2) is 0 Å². The Morgan fingerprint density at radius 1 is 0.958 bits per heavy atom. The predicted molar refractivity (Wildman–Crippen MR) is 177 cm³/mol. The third kappa shape index (κ3) is 9.19. The van der Waals surface area contributed by atoms with E-state index in [0.29, 0.717) is 18.7 Å². The lowest BCUT2D eigenvalue weighted by Gasteiger charge is -2.27. The van der Waals surface area contributed by atoms with Crippen LogP contribution in [0.4, 0.5) is 10.5 Å². The van der Waals surface area contributed by atoms with Gasteiger partial charge in [0.2, 0.25) is 11.8 Å². The van der Waals surface area contributed by atoms with Crippen molar-refractivity contribution in [1.82, 2.24) is 15.5 Å². The fraction of sp³-hybridized carbons (Fsp3) is 0.361. The second-order valence-corrected chi connectivity index (χ2v) is 11.9. The molecule has 2 aliphatic heterocycles. The number of nitrogens with zero attached hydrogens (tertiary/aromatic N) is 1. The number of hydrogen-bond donors (Lipinski definition) is 4. The van der Waals surface area contributed by atoms with E-state index in [1.165, 1.54) is 0 Å². The number of carbonyl (C=O) groups excluding carboxylic acids is 5. The molecule has 0 saturated carbocycles. The summed E-state index contributed by atoms with van der Waals surface area (Å²) in [7, 11) is 0. The molecule has 0 aromatic heterocycles. The zero-order valence-corrected chi connectivity index (χ0v) is 26.5. The Morgan fingerprint density at radius 3 is 2.50 bits per heavy atom. The number of amides is 4. The highest BCUT2D eigenvalue weighted by molar-refractivity contribution is 6.00. The molecule has 3 aromatic rings. The molecule has 0 unspecified atom stereocenters. The van der Waals surface area contributed by atoms with Crippen LogP contribution in [0.2, 0.25) is 0 Å². The number of likely N-dealkylation sites (tertiary alicyclic amines) is 1. The summed E-state index contributed by atoms with van der Waals surface area (Å²) in [4.78, 5) is 67.8. The van der Waals surface area contributed by atoms with Gasteiger partial charge < -0.3 is 35.4 Å². The maximum absolute atomic E-state index is 13.6. The summed E-state index contributed by atoms with van der Waals surface area (Å²) < 4.78 is 10.8. The molecule has 3 aromatic carbocycles. The largest absolute Gasteiger partial charge is 0.461 e. The van der Waals surface area contributed by atoms with E-state index in [4.69, 9.17) is 9.47 Å². The molecule has 4 N–H and O–H groups in total. The topological polar surface area (TPSA) is 163 Å². The van der Waals surface area contributed by atoms with Crippen LogP contribution in [0.5, 0.6) is 0 Å². The second kappa shape index (κ2) is 16.6. The maximum atomic E-state index is 13.6. The number of aliphatic hydroxyl groups excluding tert-OH is 1. The van der Waals surface area contributed by atoms with Gasteiger partial charge in [-0.15, -0.1) is 0 Å². The van der Waals surface area contributed by atoms with Gasteiger partial charge in [-0.25, -0.2) is 9.59 Å². The fourth-order valence-corrected chi connectivity index (χ4v) is 5.81. The number of cyclic esters (lactones) is 1. The van der Waals surface area contributed by atoms with Crippen molar-refractivity contribution in [2.75, 3.05) is 25.1 Å². The Hall–Kier alpha value is -5.23. The Bertz CT molecular complexity index is 1650. The van der Waals surface area contributed by atoms with Gasteiger partial charge in [-0.2, -0.15) is 0 Å². The van der Waals surface area contributed by atoms with Crippen molar-refractivity contribution in [3.8, 4) is 0 Å². The molecule has 2 aliphatic rings. The zero-order valence-electron chi connectivity index (χ0n) is 26.5. The lowest BCUT2D eigenvalue weighted by molar-refractivity contribution is -0.148. The number of aliphatic hydroxyl groups is 1. The third-order valence-electron chi connectivity index (χ3n) is 8.49. The van der Waals surface area contributed by atoms with Gasteiger partial charge in [-0.05, 0) is 54.2 Å². The summed E-state index contributed by atoms with van der Waals surface area (Å²) in [5.41, 5.74) is 1.24. The molecular weight excluding hydrogens is 616 g/mol. The van der Waals surface area contributed by atoms with Crippen LogP contribution >= 0.6 is 0 Å². The molecule has 4 atom stereocenters. The Balaban J connectivity index is 1.32. The molecule has 0 bridgehead atoms. The van der Waals surface area contributed by atoms with Crippen LogP contribution in [-0.4, -0.2) is 77.7 Å². The number of fused-ring (bicyclic) bond motifs is 1. The lowest BCUT2D eigenvalue weighted by Crippen LogP contribution is -2.51. The summed E-state index contributed by atoms with van der Waals surface area (Å²) in [5.74, 6) is -3.11. The first-order valence-electron chi connectivity index (χ1n) is 16.1. The quantitative estimate of drug-likeness (QED) is 0.212. The van der Waals surface area contributed by atoms with Crippen LogP contribution in [-0.2, 0) is 35.3 Å². The molecule has 0 aliphatic carbocycles. The molecule has 0 radical (unpaired) electrons. The Morgan fingerprint density at radius 2 is 1.71 bits per heavy atom. The van der Waals surface area contributed by atoms with Crippen LogP contribution in [0.3, 0.4) is 0 Å². The summed E-state index contributed by atoms with van der Waals surface area (Å²) in [5, 5.41) is 19.6. The number of carbonyl (C=O) groups is 5. The van der Waals surface area contributed by atoms with Gasteiger partial charge in [0, 0.05) is 18.7 Å². The van der Waals surface area contributed by atoms with Gasteiger partial charge in [-0.3, -0.25) is 14.4 Å². The molecule has 12 nitrogen and oxygen atoms in total. The first kappa shape index (κ1) is 34.1. The highest BCUT2D eigenvalue weighted by atomic mass is 16.6. The summed E-state index contributed by atoms with van der Waals surface area (Å²) in [6, 6.07) is 19.3. The predicted octanol–water partition coefficient (Wildman–Crippen LogP) is 3.44. The van der Waals surface area contributed by atoms with Crippen LogP contribution in [0.25, 0.3) is 10.8 Å². The van der Waals surface area contributed by atoms with Gasteiger partial charge in [0.25, 0.3) is 5.91 Å². The van der Waals surface area contributed by atoms with Crippen LogP contribution in [0.15, 0.2) is 84.9 Å². The lowest BCUT2D eigenvalue weighted by atomic mass is 9.97. The molecule has 0 spiro atoms. The van der Waals surface area contributed by atoms with Crippen LogP contribution < -0.4 is 16.0 Å². The molecule has 2 heterocycles. The number of ether oxygens (including phenoxy) is 2. The number of alkyl carbamates (subject to hydrolysis) is 1. The number of anilines is 1. The SMILES string of the molecule is O=C(N[C@@H]1CC=CC[C@H](CC(=O)N2CCC[C@H]2CO)C(=O)N[C@H](C(=O)Nc2ccc3ccccc3c2)COC1=O)OCc1ccccc1. The standard InChI is InChI=1S/C36H40N4O8/c41-21-29-14-8-18-40(29)32(42)20-27-13-6-7-15-30(39-36(46)48-22-24-9-2-1-3-10-24)35(45)47-23-31(38-33(27)43)34(44)37-28-17-16-25-11-4-5-12-26(25)19-28/h1-7,9-12,16-17,19,27,29-31,41H,8,13-15,18,20-23H2,(H,37,44)(H,38,43)(H,39,46)/t27-,29+,30-,31+/m1/s1. The fourth-order valence-electron chi connectivity index (χ4n) is 5.81. The van der Waals surface area contributed by atoms with E-state index in [1.54, 1.807) is 41.3 Å². The number of nitrogens with one attached hydrogen (secondary N) is 3. The van der Waals surface area contributed by atoms with Crippen LogP contribution in [0, 0.1) is 5.92 Å². The zero-order chi connectivity index (χ0) is 33.9. The second-order valence-electron chi connectivity index (χ2n) is 11.9. The summed E-state index contributed by atoms with van der Waals surface area (Å²) >= 11 is 0. The van der Waals surface area contributed by atoms with Crippen molar-refractivity contribution in [2.45, 2.75) is 56.8 Å². The van der Waals surface area contributed by atoms with E-state index in [1.807, 2.05) is 48.5 Å². The summed E-state index contributed by atoms with van der Waals surface area (Å²) in [6.45, 7) is -0.191. The first-order valence-corrected chi connectivity index (χ1v) is 16.1. The Kier molecular flexibility index (Phi) is 11.8. The van der Waals surface area contributed by atoms with Crippen molar-refractivity contribution in [3.05, 3.63) is 90.5 Å². The van der Waals surface area contributed by atoms with Crippen molar-refractivity contribution in [3.63, 3.8) is 0 Å². The van der Waals surface area contributed by atoms with Gasteiger partial charge in [-0.1, -0.05) is 72.8 Å². The molecule has 4 amide bonds. The number of benzene rings is 3. The van der Waals surface area contributed by atoms with E-state index in [2.05, 4.69) is 16.0 Å². The number of esters is 1. The molecule has 12 heteroatoms. The average molecular weight is 657 g/mol. The van der Waals surface area contributed by atoms with E-state index in [9.17, 15) is 29.1 Å². The smallest absolute Gasteiger partial charge is 0.408 e. The number of allylic oxidation sites excluding steroid dienone is 1. The Labute approximate surface area is 278 Å². The van der Waals surface area contributed by atoms with Crippen molar-refractivity contribution in [2.24, 2.45) is 5.92 Å². The maximum Gasteiger partial charge on any atom is 0.408 e. The number of rotatable bonds is 8.